The first-order valence-electron chi connectivity index (χ1n) is 8.63. The SMILES string of the molecule is CCNCc1cccc(NC(=O)Cc2csc(NC(=O)C(C)(C)C)n2)c1.Cl.Cl. The molecule has 0 aliphatic rings. The Morgan fingerprint density at radius 1 is 1.14 bits per heavy atom. The molecule has 9 heteroatoms. The number of halogens is 2. The summed E-state index contributed by atoms with van der Waals surface area (Å²) in [6.45, 7) is 9.24. The zero-order valence-corrected chi connectivity index (χ0v) is 18.9. The molecular formula is C19H28Cl2N4O2S. The standard InChI is InChI=1S/C19H26N4O2S.2ClH/c1-5-20-11-13-7-6-8-14(9-13)21-16(24)10-15-12-26-18(22-15)23-17(25)19(2,3)4;;/h6-9,12,20H,5,10-11H2,1-4H3,(H,21,24)(H,22,23,25);2*1H. The first kappa shape index (κ1) is 26.3. The van der Waals surface area contributed by atoms with E-state index < -0.39 is 5.41 Å². The molecule has 2 amide bonds. The Kier molecular flexibility index (Phi) is 11.3. The van der Waals surface area contributed by atoms with Gasteiger partial charge in [0.2, 0.25) is 11.8 Å². The van der Waals surface area contributed by atoms with Gasteiger partial charge in [-0.15, -0.1) is 36.2 Å². The molecule has 2 aromatic rings. The topological polar surface area (TPSA) is 83.1 Å². The number of hydrogen-bond acceptors (Lipinski definition) is 5. The van der Waals surface area contributed by atoms with E-state index in [1.54, 1.807) is 5.38 Å². The summed E-state index contributed by atoms with van der Waals surface area (Å²) in [7, 11) is 0. The minimum atomic E-state index is -0.485. The molecule has 6 nitrogen and oxygen atoms in total. The zero-order valence-electron chi connectivity index (χ0n) is 16.5. The van der Waals surface area contributed by atoms with E-state index in [9.17, 15) is 9.59 Å². The number of anilines is 2. The van der Waals surface area contributed by atoms with Crippen molar-refractivity contribution >= 4 is 58.8 Å². The van der Waals surface area contributed by atoms with Gasteiger partial charge >= 0.3 is 0 Å². The Morgan fingerprint density at radius 3 is 2.50 bits per heavy atom. The van der Waals surface area contributed by atoms with E-state index in [4.69, 9.17) is 0 Å². The van der Waals surface area contributed by atoms with Crippen LogP contribution in [-0.4, -0.2) is 23.3 Å². The third-order valence-electron chi connectivity index (χ3n) is 3.58. The molecule has 0 aliphatic heterocycles. The number of aromatic nitrogens is 1. The van der Waals surface area contributed by atoms with Crippen molar-refractivity contribution in [3.8, 4) is 0 Å². The summed E-state index contributed by atoms with van der Waals surface area (Å²) in [4.78, 5) is 28.6. The van der Waals surface area contributed by atoms with Crippen LogP contribution in [0.4, 0.5) is 10.8 Å². The Hall–Kier alpha value is -1.67. The summed E-state index contributed by atoms with van der Waals surface area (Å²) in [6, 6.07) is 7.76. The average Bonchev–Trinajstić information content (AvgIpc) is 2.99. The molecule has 0 fully saturated rings. The number of hydrogen-bond donors (Lipinski definition) is 3. The van der Waals surface area contributed by atoms with Crippen LogP contribution >= 0.6 is 36.2 Å². The van der Waals surface area contributed by atoms with Gasteiger partial charge in [0, 0.05) is 23.0 Å². The Bertz CT molecular complexity index is 775. The van der Waals surface area contributed by atoms with Crippen molar-refractivity contribution in [2.45, 2.75) is 40.7 Å². The zero-order chi connectivity index (χ0) is 19.2. The molecule has 1 aromatic heterocycles. The lowest BCUT2D eigenvalue weighted by Gasteiger charge is -2.15. The molecular weight excluding hydrogens is 419 g/mol. The number of nitrogens with one attached hydrogen (secondary N) is 3. The quantitative estimate of drug-likeness (QED) is 0.592. The second-order valence-corrected chi connectivity index (χ2v) is 7.91. The molecule has 156 valence electrons. The van der Waals surface area contributed by atoms with Gasteiger partial charge in [-0.25, -0.2) is 4.98 Å². The fourth-order valence-electron chi connectivity index (χ4n) is 2.13. The largest absolute Gasteiger partial charge is 0.326 e. The van der Waals surface area contributed by atoms with Crippen molar-refractivity contribution in [1.29, 1.82) is 0 Å². The molecule has 1 heterocycles. The lowest BCUT2D eigenvalue weighted by atomic mass is 9.96. The van der Waals surface area contributed by atoms with Gasteiger partial charge in [-0.3, -0.25) is 9.59 Å². The van der Waals surface area contributed by atoms with Crippen molar-refractivity contribution < 1.29 is 9.59 Å². The Morgan fingerprint density at radius 2 is 1.86 bits per heavy atom. The van der Waals surface area contributed by atoms with E-state index in [-0.39, 0.29) is 43.0 Å². The van der Waals surface area contributed by atoms with Gasteiger partial charge in [0.15, 0.2) is 5.13 Å². The maximum atomic E-state index is 12.2. The predicted molar refractivity (Wildman–Crippen MR) is 121 cm³/mol. The lowest BCUT2D eigenvalue weighted by molar-refractivity contribution is -0.123. The van der Waals surface area contributed by atoms with Crippen LogP contribution < -0.4 is 16.0 Å². The van der Waals surface area contributed by atoms with Crippen LogP contribution in [0.15, 0.2) is 29.6 Å². The third kappa shape index (κ3) is 8.56. The van der Waals surface area contributed by atoms with Crippen molar-refractivity contribution in [3.63, 3.8) is 0 Å². The summed E-state index contributed by atoms with van der Waals surface area (Å²) < 4.78 is 0. The molecule has 2 rings (SSSR count). The molecule has 0 aliphatic carbocycles. The van der Waals surface area contributed by atoms with Crippen LogP contribution in [0.5, 0.6) is 0 Å². The van der Waals surface area contributed by atoms with Crippen molar-refractivity contribution in [1.82, 2.24) is 10.3 Å². The molecule has 0 radical (unpaired) electrons. The molecule has 0 unspecified atom stereocenters. The smallest absolute Gasteiger partial charge is 0.231 e. The highest BCUT2D eigenvalue weighted by atomic mass is 35.5. The van der Waals surface area contributed by atoms with Crippen LogP contribution in [0, 0.1) is 5.41 Å². The molecule has 1 aromatic carbocycles. The number of carbonyl (C=O) groups excluding carboxylic acids is 2. The molecule has 28 heavy (non-hydrogen) atoms. The number of thiazole rings is 1. The van der Waals surface area contributed by atoms with Crippen LogP contribution in [0.25, 0.3) is 0 Å². The minimum Gasteiger partial charge on any atom is -0.326 e. The van der Waals surface area contributed by atoms with Crippen LogP contribution in [-0.2, 0) is 22.6 Å². The fourth-order valence-corrected chi connectivity index (χ4v) is 2.83. The van der Waals surface area contributed by atoms with Crippen LogP contribution in [0.1, 0.15) is 39.0 Å². The summed E-state index contributed by atoms with van der Waals surface area (Å²) >= 11 is 1.32. The summed E-state index contributed by atoms with van der Waals surface area (Å²) in [5.74, 6) is -0.232. The van der Waals surface area contributed by atoms with Gasteiger partial charge in [-0.1, -0.05) is 39.8 Å². The molecule has 0 saturated heterocycles. The Balaban J connectivity index is 0.00000364. The number of carbonyl (C=O) groups is 2. The van der Waals surface area contributed by atoms with E-state index in [0.29, 0.717) is 10.8 Å². The van der Waals surface area contributed by atoms with Gasteiger partial charge in [0.25, 0.3) is 0 Å². The van der Waals surface area contributed by atoms with Crippen molar-refractivity contribution in [3.05, 3.63) is 40.9 Å². The third-order valence-corrected chi connectivity index (χ3v) is 4.39. The van der Waals surface area contributed by atoms with Crippen LogP contribution in [0.2, 0.25) is 0 Å². The highest BCUT2D eigenvalue weighted by Crippen LogP contribution is 2.21. The van der Waals surface area contributed by atoms with Crippen molar-refractivity contribution in [2.24, 2.45) is 5.41 Å². The van der Waals surface area contributed by atoms with Gasteiger partial charge in [0.1, 0.15) is 0 Å². The van der Waals surface area contributed by atoms with E-state index in [2.05, 4.69) is 27.9 Å². The molecule has 0 saturated carbocycles. The number of nitrogens with zero attached hydrogens (tertiary/aromatic N) is 1. The fraction of sp³-hybridized carbons (Fsp3) is 0.421. The lowest BCUT2D eigenvalue weighted by Crippen LogP contribution is -2.27. The molecule has 0 spiro atoms. The maximum Gasteiger partial charge on any atom is 0.231 e. The van der Waals surface area contributed by atoms with Gasteiger partial charge in [-0.05, 0) is 24.2 Å². The highest BCUT2D eigenvalue weighted by Gasteiger charge is 2.22. The normalized spacial score (nSPS) is 10.4. The molecule has 0 atom stereocenters. The second kappa shape index (κ2) is 12.0. The second-order valence-electron chi connectivity index (χ2n) is 7.05. The first-order chi connectivity index (χ1) is 12.3. The number of amides is 2. The first-order valence-corrected chi connectivity index (χ1v) is 9.51. The molecule has 3 N–H and O–H groups in total. The minimum absolute atomic E-state index is 0. The van der Waals surface area contributed by atoms with E-state index in [0.717, 1.165) is 24.3 Å². The van der Waals surface area contributed by atoms with E-state index in [1.165, 1.54) is 11.3 Å². The van der Waals surface area contributed by atoms with E-state index >= 15 is 0 Å². The Labute approximate surface area is 182 Å². The molecule has 0 bridgehead atoms. The van der Waals surface area contributed by atoms with Gasteiger partial charge < -0.3 is 16.0 Å². The maximum absolute atomic E-state index is 12.2. The predicted octanol–water partition coefficient (Wildman–Crippen LogP) is 4.26. The van der Waals surface area contributed by atoms with Crippen LogP contribution in [0.3, 0.4) is 0 Å². The number of rotatable bonds is 7. The van der Waals surface area contributed by atoms with E-state index in [1.807, 2.05) is 45.0 Å². The highest BCUT2D eigenvalue weighted by molar-refractivity contribution is 7.13. The summed E-state index contributed by atoms with van der Waals surface area (Å²) in [5, 5.41) is 11.2. The summed E-state index contributed by atoms with van der Waals surface area (Å²) in [5.41, 5.74) is 2.04. The average molecular weight is 447 g/mol. The van der Waals surface area contributed by atoms with Gasteiger partial charge in [-0.2, -0.15) is 0 Å². The summed E-state index contributed by atoms with van der Waals surface area (Å²) in [6.07, 6.45) is 0.166. The monoisotopic (exact) mass is 446 g/mol. The van der Waals surface area contributed by atoms with Crippen molar-refractivity contribution in [2.75, 3.05) is 17.2 Å². The van der Waals surface area contributed by atoms with Gasteiger partial charge in [0.05, 0.1) is 12.1 Å². The number of benzene rings is 1.